The Labute approximate surface area is 155 Å². The normalized spacial score (nSPS) is 10.7. The van der Waals surface area contributed by atoms with E-state index < -0.39 is 0 Å². The van der Waals surface area contributed by atoms with Crippen LogP contribution in [-0.2, 0) is 6.42 Å². The van der Waals surface area contributed by atoms with Crippen molar-refractivity contribution in [3.05, 3.63) is 83.2 Å². The van der Waals surface area contributed by atoms with Crippen LogP contribution < -0.4 is 16.2 Å². The molecule has 0 fully saturated rings. The summed E-state index contributed by atoms with van der Waals surface area (Å²) in [7, 11) is 0. The first-order valence-corrected chi connectivity index (χ1v) is 8.63. The molecule has 3 N–H and O–H groups in total. The fourth-order valence-corrected chi connectivity index (χ4v) is 2.85. The summed E-state index contributed by atoms with van der Waals surface area (Å²) in [6.45, 7) is 0.634. The number of pyridine rings is 4. The molecule has 0 spiro atoms. The highest BCUT2D eigenvalue weighted by atomic mass is 16.1. The zero-order valence-electron chi connectivity index (χ0n) is 14.5. The van der Waals surface area contributed by atoms with Crippen molar-refractivity contribution in [2.75, 3.05) is 17.2 Å². The van der Waals surface area contributed by atoms with Crippen LogP contribution in [0, 0.1) is 0 Å². The van der Waals surface area contributed by atoms with E-state index in [1.807, 2.05) is 48.7 Å². The SMILES string of the molecule is O=c1[nH]ccc2cc(Nc3ccccn3)nc(NCCc3cccnc3)c12. The Bertz CT molecular complexity index is 1100. The molecule has 0 aromatic carbocycles. The van der Waals surface area contributed by atoms with Crippen LogP contribution >= 0.6 is 0 Å². The molecule has 4 aromatic rings. The van der Waals surface area contributed by atoms with Gasteiger partial charge in [0, 0.05) is 31.3 Å². The van der Waals surface area contributed by atoms with Gasteiger partial charge in [-0.2, -0.15) is 0 Å². The third kappa shape index (κ3) is 3.92. The van der Waals surface area contributed by atoms with Gasteiger partial charge in [-0.25, -0.2) is 9.97 Å². The highest BCUT2D eigenvalue weighted by molar-refractivity contribution is 5.93. The number of aromatic nitrogens is 4. The Morgan fingerprint density at radius 1 is 1.04 bits per heavy atom. The van der Waals surface area contributed by atoms with E-state index >= 15 is 0 Å². The summed E-state index contributed by atoms with van der Waals surface area (Å²) in [5.41, 5.74) is 0.944. The minimum Gasteiger partial charge on any atom is -0.369 e. The first-order valence-electron chi connectivity index (χ1n) is 8.63. The van der Waals surface area contributed by atoms with Crippen molar-refractivity contribution in [1.82, 2.24) is 19.9 Å². The van der Waals surface area contributed by atoms with Crippen LogP contribution in [-0.4, -0.2) is 26.5 Å². The summed E-state index contributed by atoms with van der Waals surface area (Å²) in [6, 6.07) is 13.2. The minimum atomic E-state index is -0.173. The van der Waals surface area contributed by atoms with Crippen molar-refractivity contribution in [1.29, 1.82) is 0 Å². The number of hydrogen-bond donors (Lipinski definition) is 3. The molecule has 0 atom stereocenters. The van der Waals surface area contributed by atoms with E-state index in [-0.39, 0.29) is 5.56 Å². The third-order valence-corrected chi connectivity index (χ3v) is 4.10. The topological polar surface area (TPSA) is 95.6 Å². The summed E-state index contributed by atoms with van der Waals surface area (Å²) < 4.78 is 0. The molecule has 0 amide bonds. The first kappa shape index (κ1) is 16.7. The Balaban J connectivity index is 1.63. The van der Waals surface area contributed by atoms with Crippen LogP contribution in [0.15, 0.2) is 72.0 Å². The molecule has 0 bridgehead atoms. The lowest BCUT2D eigenvalue weighted by Gasteiger charge is -2.12. The summed E-state index contributed by atoms with van der Waals surface area (Å²) in [6.07, 6.45) is 7.70. The third-order valence-electron chi connectivity index (χ3n) is 4.10. The van der Waals surface area contributed by atoms with Gasteiger partial charge in [-0.05, 0) is 47.7 Å². The highest BCUT2D eigenvalue weighted by Crippen LogP contribution is 2.23. The number of fused-ring (bicyclic) bond motifs is 1. The van der Waals surface area contributed by atoms with Crippen molar-refractivity contribution < 1.29 is 0 Å². The lowest BCUT2D eigenvalue weighted by molar-refractivity contribution is 0.996. The van der Waals surface area contributed by atoms with E-state index in [9.17, 15) is 4.79 Å². The van der Waals surface area contributed by atoms with E-state index in [0.29, 0.717) is 29.4 Å². The van der Waals surface area contributed by atoms with Crippen molar-refractivity contribution in [2.45, 2.75) is 6.42 Å². The van der Waals surface area contributed by atoms with E-state index in [1.165, 1.54) is 0 Å². The number of aromatic amines is 1. The van der Waals surface area contributed by atoms with Gasteiger partial charge in [-0.15, -0.1) is 0 Å². The smallest absolute Gasteiger partial charge is 0.259 e. The second-order valence-electron chi connectivity index (χ2n) is 6.01. The minimum absolute atomic E-state index is 0.173. The average Bonchev–Trinajstić information content (AvgIpc) is 2.69. The Kier molecular flexibility index (Phi) is 4.74. The molecule has 0 unspecified atom stereocenters. The Morgan fingerprint density at radius 3 is 2.81 bits per heavy atom. The van der Waals surface area contributed by atoms with Gasteiger partial charge in [0.25, 0.3) is 5.56 Å². The molecule has 0 aliphatic rings. The Hall–Kier alpha value is -3.74. The lowest BCUT2D eigenvalue weighted by atomic mass is 10.2. The number of hydrogen-bond acceptors (Lipinski definition) is 6. The van der Waals surface area contributed by atoms with Crippen molar-refractivity contribution in [3.63, 3.8) is 0 Å². The number of H-pyrrole nitrogens is 1. The summed E-state index contributed by atoms with van der Waals surface area (Å²) in [5, 5.41) is 7.80. The van der Waals surface area contributed by atoms with Gasteiger partial charge in [0.15, 0.2) is 0 Å². The van der Waals surface area contributed by atoms with Gasteiger partial charge in [0.05, 0.1) is 5.39 Å². The molecule has 0 aliphatic heterocycles. The number of anilines is 3. The van der Waals surface area contributed by atoms with E-state index in [0.717, 1.165) is 17.4 Å². The fraction of sp³-hybridized carbons (Fsp3) is 0.100. The summed E-state index contributed by atoms with van der Waals surface area (Å²) >= 11 is 0. The molecule has 4 heterocycles. The van der Waals surface area contributed by atoms with Crippen LogP contribution in [0.3, 0.4) is 0 Å². The average molecular weight is 358 g/mol. The van der Waals surface area contributed by atoms with Crippen molar-refractivity contribution in [3.8, 4) is 0 Å². The fourth-order valence-electron chi connectivity index (χ4n) is 2.85. The number of rotatable bonds is 6. The molecule has 4 rings (SSSR count). The van der Waals surface area contributed by atoms with Crippen LogP contribution in [0.5, 0.6) is 0 Å². The Morgan fingerprint density at radius 2 is 2.00 bits per heavy atom. The zero-order valence-corrected chi connectivity index (χ0v) is 14.5. The first-order chi connectivity index (χ1) is 13.3. The quantitative estimate of drug-likeness (QED) is 0.490. The van der Waals surface area contributed by atoms with Crippen LogP contribution in [0.4, 0.5) is 17.5 Å². The van der Waals surface area contributed by atoms with Gasteiger partial charge < -0.3 is 15.6 Å². The molecule has 4 aromatic heterocycles. The monoisotopic (exact) mass is 358 g/mol. The highest BCUT2D eigenvalue weighted by Gasteiger charge is 2.10. The maximum absolute atomic E-state index is 12.3. The predicted octanol–water partition coefficient (Wildman–Crippen LogP) is 3.11. The van der Waals surface area contributed by atoms with Crippen LogP contribution in [0.25, 0.3) is 10.8 Å². The van der Waals surface area contributed by atoms with Gasteiger partial charge >= 0.3 is 0 Å². The molecule has 0 aliphatic carbocycles. The van der Waals surface area contributed by atoms with Crippen LogP contribution in [0.1, 0.15) is 5.56 Å². The molecule has 134 valence electrons. The lowest BCUT2D eigenvalue weighted by Crippen LogP contribution is -2.13. The van der Waals surface area contributed by atoms with Gasteiger partial charge in [0.2, 0.25) is 0 Å². The molecular formula is C20H18N6O. The predicted molar refractivity (Wildman–Crippen MR) is 106 cm³/mol. The summed E-state index contributed by atoms with van der Waals surface area (Å²) in [4.78, 5) is 28.0. The van der Waals surface area contributed by atoms with Crippen molar-refractivity contribution >= 4 is 28.2 Å². The molecule has 0 saturated carbocycles. The van der Waals surface area contributed by atoms with E-state index in [1.54, 1.807) is 18.6 Å². The number of nitrogens with one attached hydrogen (secondary N) is 3. The van der Waals surface area contributed by atoms with Crippen molar-refractivity contribution in [2.24, 2.45) is 0 Å². The standard InChI is InChI=1S/C20H18N6O/c27-20-18-15(7-11-24-20)12-17(25-16-5-1-2-9-22-16)26-19(18)23-10-6-14-4-3-8-21-13-14/h1-5,7-9,11-13H,6,10H2,(H,24,27)(H2,22,23,25,26). The summed E-state index contributed by atoms with van der Waals surface area (Å²) in [5.74, 6) is 1.85. The number of nitrogens with zero attached hydrogens (tertiary/aromatic N) is 3. The van der Waals surface area contributed by atoms with E-state index in [2.05, 4.69) is 30.6 Å². The second-order valence-corrected chi connectivity index (χ2v) is 6.01. The molecular weight excluding hydrogens is 340 g/mol. The van der Waals surface area contributed by atoms with Gasteiger partial charge in [-0.3, -0.25) is 9.78 Å². The second kappa shape index (κ2) is 7.65. The maximum atomic E-state index is 12.3. The molecule has 7 nitrogen and oxygen atoms in total. The molecule has 7 heteroatoms. The molecule has 0 saturated heterocycles. The van der Waals surface area contributed by atoms with Crippen LogP contribution in [0.2, 0.25) is 0 Å². The zero-order chi connectivity index (χ0) is 18.5. The molecule has 0 radical (unpaired) electrons. The largest absolute Gasteiger partial charge is 0.369 e. The maximum Gasteiger partial charge on any atom is 0.259 e. The van der Waals surface area contributed by atoms with E-state index in [4.69, 9.17) is 0 Å². The van der Waals surface area contributed by atoms with Gasteiger partial charge in [0.1, 0.15) is 17.5 Å². The van der Waals surface area contributed by atoms with Gasteiger partial charge in [-0.1, -0.05) is 12.1 Å². The molecule has 27 heavy (non-hydrogen) atoms.